The minimum absolute atomic E-state index is 0.0410. The fourth-order valence-corrected chi connectivity index (χ4v) is 2.53. The Kier molecular flexibility index (Phi) is 8.64. The van der Waals surface area contributed by atoms with Crippen molar-refractivity contribution in [3.8, 4) is 0 Å². The summed E-state index contributed by atoms with van der Waals surface area (Å²) in [5.74, 6) is 0. The summed E-state index contributed by atoms with van der Waals surface area (Å²) in [6.07, 6.45) is 3.73. The van der Waals surface area contributed by atoms with Crippen LogP contribution in [0.4, 0.5) is 0 Å². The number of hydrogen-bond acceptors (Lipinski definition) is 5. The Morgan fingerprint density at radius 1 is 1.30 bits per heavy atom. The molecule has 1 rings (SSSR count). The van der Waals surface area contributed by atoms with Gasteiger partial charge in [-0.15, -0.1) is 0 Å². The summed E-state index contributed by atoms with van der Waals surface area (Å²) < 4.78 is 11.5. The Labute approximate surface area is 121 Å². The van der Waals surface area contributed by atoms with Crippen LogP contribution in [0.2, 0.25) is 0 Å². The summed E-state index contributed by atoms with van der Waals surface area (Å²) in [5.41, 5.74) is 0. The van der Waals surface area contributed by atoms with Gasteiger partial charge in [-0.25, -0.2) is 0 Å². The third kappa shape index (κ3) is 6.06. The van der Waals surface area contributed by atoms with Crippen LogP contribution in [0.1, 0.15) is 52.4 Å². The molecule has 3 N–H and O–H groups in total. The van der Waals surface area contributed by atoms with Gasteiger partial charge in [-0.1, -0.05) is 26.2 Å². The molecule has 0 spiro atoms. The lowest BCUT2D eigenvalue weighted by molar-refractivity contribution is -0.0927. The van der Waals surface area contributed by atoms with E-state index in [1.165, 1.54) is 0 Å². The molecule has 1 saturated heterocycles. The highest BCUT2D eigenvalue weighted by Gasteiger charge is 2.36. The Hall–Kier alpha value is -0.200. The lowest BCUT2D eigenvalue weighted by Crippen LogP contribution is -2.32. The topological polar surface area (TPSA) is 79.2 Å². The lowest BCUT2D eigenvalue weighted by Gasteiger charge is -2.25. The van der Waals surface area contributed by atoms with E-state index in [1.54, 1.807) is 0 Å². The monoisotopic (exact) mass is 290 g/mol. The van der Waals surface area contributed by atoms with Crippen LogP contribution in [0, 0.1) is 0 Å². The largest absolute Gasteiger partial charge is 0.396 e. The van der Waals surface area contributed by atoms with Gasteiger partial charge in [-0.05, 0) is 19.8 Å². The fourth-order valence-electron chi connectivity index (χ4n) is 2.53. The Balaban J connectivity index is 2.43. The zero-order valence-corrected chi connectivity index (χ0v) is 12.7. The molecule has 5 atom stereocenters. The summed E-state index contributed by atoms with van der Waals surface area (Å²) in [5, 5.41) is 28.2. The van der Waals surface area contributed by atoms with Crippen molar-refractivity contribution in [1.82, 2.24) is 0 Å². The van der Waals surface area contributed by atoms with Crippen LogP contribution in [0.5, 0.6) is 0 Å². The van der Waals surface area contributed by atoms with E-state index in [0.717, 1.165) is 25.7 Å². The zero-order chi connectivity index (χ0) is 15.0. The van der Waals surface area contributed by atoms with E-state index in [2.05, 4.69) is 6.92 Å². The van der Waals surface area contributed by atoms with E-state index >= 15 is 0 Å². The molecule has 0 amide bonds. The third-order valence-corrected chi connectivity index (χ3v) is 3.88. The molecule has 0 aliphatic carbocycles. The average Bonchev–Trinajstić information content (AvgIpc) is 2.74. The first-order chi connectivity index (χ1) is 9.58. The standard InChI is InChI=1S/C15H30O5/c1-3-4-5-6-14(19-10-12(17)7-8-16)15-9-13(18)11(2)20-15/h11-18H,3-10H2,1-2H3. The molecular weight excluding hydrogens is 260 g/mol. The number of hydrogen-bond donors (Lipinski definition) is 3. The third-order valence-electron chi connectivity index (χ3n) is 3.88. The Bertz CT molecular complexity index is 238. The van der Waals surface area contributed by atoms with Gasteiger partial charge < -0.3 is 24.8 Å². The zero-order valence-electron chi connectivity index (χ0n) is 12.7. The number of ether oxygens (including phenoxy) is 2. The molecule has 20 heavy (non-hydrogen) atoms. The van der Waals surface area contributed by atoms with Crippen LogP contribution in [-0.4, -0.2) is 59.1 Å². The van der Waals surface area contributed by atoms with Gasteiger partial charge in [0.05, 0.1) is 37.1 Å². The molecule has 1 heterocycles. The molecule has 0 aromatic rings. The number of aliphatic hydroxyl groups excluding tert-OH is 3. The van der Waals surface area contributed by atoms with E-state index in [4.69, 9.17) is 14.6 Å². The van der Waals surface area contributed by atoms with Crippen molar-refractivity contribution in [1.29, 1.82) is 0 Å². The van der Waals surface area contributed by atoms with Crippen LogP contribution >= 0.6 is 0 Å². The molecule has 0 aromatic carbocycles. The van der Waals surface area contributed by atoms with Crippen LogP contribution < -0.4 is 0 Å². The van der Waals surface area contributed by atoms with Crippen molar-refractivity contribution >= 4 is 0 Å². The molecular formula is C15H30O5. The maximum Gasteiger partial charge on any atom is 0.0867 e. The van der Waals surface area contributed by atoms with Gasteiger partial charge >= 0.3 is 0 Å². The predicted molar refractivity (Wildman–Crippen MR) is 76.6 cm³/mol. The van der Waals surface area contributed by atoms with Gasteiger partial charge in [0, 0.05) is 13.0 Å². The van der Waals surface area contributed by atoms with Crippen LogP contribution in [0.3, 0.4) is 0 Å². The maximum absolute atomic E-state index is 9.79. The van der Waals surface area contributed by atoms with Gasteiger partial charge in [-0.3, -0.25) is 0 Å². The van der Waals surface area contributed by atoms with Crippen molar-refractivity contribution in [2.75, 3.05) is 13.2 Å². The number of aliphatic hydroxyl groups is 3. The molecule has 120 valence electrons. The van der Waals surface area contributed by atoms with Gasteiger partial charge in [-0.2, -0.15) is 0 Å². The van der Waals surface area contributed by atoms with Crippen molar-refractivity contribution in [2.45, 2.75) is 82.9 Å². The molecule has 5 heteroatoms. The predicted octanol–water partition coefficient (Wildman–Crippen LogP) is 1.23. The molecule has 5 unspecified atom stereocenters. The lowest BCUT2D eigenvalue weighted by atomic mass is 10.0. The first-order valence-corrected chi connectivity index (χ1v) is 7.82. The average molecular weight is 290 g/mol. The second-order valence-corrected chi connectivity index (χ2v) is 5.72. The quantitative estimate of drug-likeness (QED) is 0.527. The molecule has 1 aliphatic heterocycles. The summed E-state index contributed by atoms with van der Waals surface area (Å²) in [6, 6.07) is 0. The van der Waals surface area contributed by atoms with Gasteiger partial charge in [0.2, 0.25) is 0 Å². The number of unbranched alkanes of at least 4 members (excludes halogenated alkanes) is 2. The second kappa shape index (κ2) is 9.68. The minimum atomic E-state index is -0.641. The van der Waals surface area contributed by atoms with Crippen LogP contribution in [0.25, 0.3) is 0 Å². The van der Waals surface area contributed by atoms with Crippen molar-refractivity contribution < 1.29 is 24.8 Å². The highest BCUT2D eigenvalue weighted by atomic mass is 16.6. The van der Waals surface area contributed by atoms with E-state index < -0.39 is 12.2 Å². The van der Waals surface area contributed by atoms with Crippen molar-refractivity contribution in [3.05, 3.63) is 0 Å². The summed E-state index contributed by atoms with van der Waals surface area (Å²) in [6.45, 7) is 4.19. The first-order valence-electron chi connectivity index (χ1n) is 7.82. The maximum atomic E-state index is 9.79. The Morgan fingerprint density at radius 2 is 2.05 bits per heavy atom. The van der Waals surface area contributed by atoms with Crippen LogP contribution in [0.15, 0.2) is 0 Å². The number of rotatable bonds is 10. The second-order valence-electron chi connectivity index (χ2n) is 5.72. The normalized spacial score (nSPS) is 29.6. The molecule has 0 bridgehead atoms. The molecule has 0 radical (unpaired) electrons. The van der Waals surface area contributed by atoms with E-state index in [-0.39, 0.29) is 31.5 Å². The van der Waals surface area contributed by atoms with Gasteiger partial charge in [0.1, 0.15) is 0 Å². The highest BCUT2D eigenvalue weighted by molar-refractivity contribution is 4.84. The van der Waals surface area contributed by atoms with Gasteiger partial charge in [0.25, 0.3) is 0 Å². The van der Waals surface area contributed by atoms with Crippen LogP contribution in [-0.2, 0) is 9.47 Å². The molecule has 1 fully saturated rings. The molecule has 5 nitrogen and oxygen atoms in total. The van der Waals surface area contributed by atoms with Gasteiger partial charge in [0.15, 0.2) is 0 Å². The summed E-state index contributed by atoms with van der Waals surface area (Å²) >= 11 is 0. The summed E-state index contributed by atoms with van der Waals surface area (Å²) in [4.78, 5) is 0. The summed E-state index contributed by atoms with van der Waals surface area (Å²) in [7, 11) is 0. The fraction of sp³-hybridized carbons (Fsp3) is 1.00. The van der Waals surface area contributed by atoms with E-state index in [9.17, 15) is 10.2 Å². The van der Waals surface area contributed by atoms with Crippen molar-refractivity contribution in [3.63, 3.8) is 0 Å². The van der Waals surface area contributed by atoms with Crippen molar-refractivity contribution in [2.24, 2.45) is 0 Å². The SMILES string of the molecule is CCCCCC(OCC(O)CCO)C1CC(O)C(C)O1. The Morgan fingerprint density at radius 3 is 2.60 bits per heavy atom. The molecule has 0 saturated carbocycles. The highest BCUT2D eigenvalue weighted by Crippen LogP contribution is 2.26. The van der Waals surface area contributed by atoms with E-state index in [1.807, 2.05) is 6.92 Å². The molecule has 1 aliphatic rings. The van der Waals surface area contributed by atoms with E-state index in [0.29, 0.717) is 12.8 Å². The first kappa shape index (κ1) is 17.9. The minimum Gasteiger partial charge on any atom is -0.396 e. The molecule has 0 aromatic heterocycles. The smallest absolute Gasteiger partial charge is 0.0867 e.